The SMILES string of the molecule is CN=C=O.CNC(=O)Cl. The van der Waals surface area contributed by atoms with E-state index >= 15 is 0 Å². The van der Waals surface area contributed by atoms with E-state index in [0.29, 0.717) is 0 Å². The number of halogens is 1. The highest BCUT2D eigenvalue weighted by Crippen LogP contribution is 1.68. The van der Waals surface area contributed by atoms with Crippen molar-refractivity contribution in [1.29, 1.82) is 0 Å². The predicted octanol–water partition coefficient (Wildman–Crippen LogP) is 0.517. The normalized spacial score (nSPS) is 5.67. The molecule has 52 valence electrons. The van der Waals surface area contributed by atoms with Crippen LogP contribution in [0, 0.1) is 0 Å². The standard InChI is InChI=1S/C2H4ClNO.C2H3NO/c1-4-2(3)5;1-3-2-4/h1H3,(H,4,5);1H3. The Bertz CT molecular complexity index is 120. The zero-order valence-electron chi connectivity index (χ0n) is 5.14. The van der Waals surface area contributed by atoms with Gasteiger partial charge < -0.3 is 5.32 Å². The van der Waals surface area contributed by atoms with E-state index in [0.717, 1.165) is 0 Å². The Morgan fingerprint density at radius 2 is 2.00 bits per heavy atom. The van der Waals surface area contributed by atoms with Crippen LogP contribution in [-0.2, 0) is 4.79 Å². The fourth-order valence-electron chi connectivity index (χ4n) is 0. The number of hydrogen-bond acceptors (Lipinski definition) is 3. The number of rotatable bonds is 0. The molecule has 0 aromatic rings. The first-order chi connectivity index (χ1) is 4.18. The summed E-state index contributed by atoms with van der Waals surface area (Å²) in [5, 5.41) is 1.63. The highest BCUT2D eigenvalue weighted by molar-refractivity contribution is 6.62. The summed E-state index contributed by atoms with van der Waals surface area (Å²) in [6.45, 7) is 0. The molecule has 0 aliphatic heterocycles. The fourth-order valence-corrected chi connectivity index (χ4v) is 0. The van der Waals surface area contributed by atoms with Crippen molar-refractivity contribution in [3.8, 4) is 0 Å². The Morgan fingerprint density at radius 3 is 2.00 bits per heavy atom. The average Bonchev–Trinajstić information content (AvgIpc) is 1.89. The zero-order chi connectivity index (χ0) is 7.70. The Hall–Kier alpha value is -0.860. The van der Waals surface area contributed by atoms with Gasteiger partial charge in [-0.2, -0.15) is 0 Å². The topological polar surface area (TPSA) is 58.5 Å². The van der Waals surface area contributed by atoms with Gasteiger partial charge in [0.25, 0.3) is 0 Å². The lowest BCUT2D eigenvalue weighted by Gasteiger charge is -1.76. The number of nitrogens with zero attached hydrogens (tertiary/aromatic N) is 1. The molecule has 0 unspecified atom stereocenters. The summed E-state index contributed by atoms with van der Waals surface area (Å²) in [7, 11) is 2.85. The molecule has 0 aliphatic carbocycles. The van der Waals surface area contributed by atoms with E-state index in [9.17, 15) is 4.79 Å². The van der Waals surface area contributed by atoms with Crippen LogP contribution in [0.25, 0.3) is 0 Å². The summed E-state index contributed by atoms with van der Waals surface area (Å²) >= 11 is 4.71. The summed E-state index contributed by atoms with van der Waals surface area (Å²) in [4.78, 5) is 21.3. The summed E-state index contributed by atoms with van der Waals surface area (Å²) in [5.74, 6) is 0. The van der Waals surface area contributed by atoms with Crippen LogP contribution in [0.15, 0.2) is 4.99 Å². The minimum absolute atomic E-state index is 0.523. The maximum Gasteiger partial charge on any atom is 0.313 e. The first-order valence-corrected chi connectivity index (χ1v) is 2.40. The van der Waals surface area contributed by atoms with E-state index < -0.39 is 5.37 Å². The first kappa shape index (κ1) is 11.0. The Kier molecular flexibility index (Phi) is 12.5. The molecule has 0 saturated carbocycles. The summed E-state index contributed by atoms with van der Waals surface area (Å²) in [6, 6.07) is 0. The van der Waals surface area contributed by atoms with Crippen LogP contribution in [0.4, 0.5) is 4.79 Å². The number of isocyanates is 1. The van der Waals surface area contributed by atoms with E-state index in [1.54, 1.807) is 0 Å². The molecule has 0 radical (unpaired) electrons. The van der Waals surface area contributed by atoms with Crippen LogP contribution in [0.1, 0.15) is 0 Å². The number of amides is 1. The second-order valence-corrected chi connectivity index (χ2v) is 1.18. The van der Waals surface area contributed by atoms with Gasteiger partial charge in [-0.05, 0) is 11.6 Å². The Morgan fingerprint density at radius 1 is 1.78 bits per heavy atom. The van der Waals surface area contributed by atoms with Crippen molar-refractivity contribution in [1.82, 2.24) is 5.32 Å². The van der Waals surface area contributed by atoms with Crippen molar-refractivity contribution in [3.63, 3.8) is 0 Å². The predicted molar refractivity (Wildman–Crippen MR) is 34.4 cm³/mol. The molecule has 4 nitrogen and oxygen atoms in total. The molecular weight excluding hydrogens is 144 g/mol. The molecule has 0 aliphatic rings. The molecule has 0 bridgehead atoms. The van der Waals surface area contributed by atoms with Crippen LogP contribution in [0.3, 0.4) is 0 Å². The number of nitrogens with one attached hydrogen (secondary N) is 1. The molecular formula is C4H7ClN2O2. The van der Waals surface area contributed by atoms with Gasteiger partial charge >= 0.3 is 5.37 Å². The second kappa shape index (κ2) is 10.2. The molecule has 1 N–H and O–H groups in total. The third-order valence-corrected chi connectivity index (χ3v) is 0.477. The Balaban J connectivity index is 0. The summed E-state index contributed by atoms with van der Waals surface area (Å²) < 4.78 is 0. The third-order valence-electron chi connectivity index (χ3n) is 0.288. The van der Waals surface area contributed by atoms with E-state index in [-0.39, 0.29) is 0 Å². The zero-order valence-corrected chi connectivity index (χ0v) is 5.90. The first-order valence-electron chi connectivity index (χ1n) is 2.02. The van der Waals surface area contributed by atoms with Crippen molar-refractivity contribution in [2.45, 2.75) is 0 Å². The highest BCUT2D eigenvalue weighted by Gasteiger charge is 1.77. The van der Waals surface area contributed by atoms with Gasteiger partial charge in [-0.3, -0.25) is 4.79 Å². The highest BCUT2D eigenvalue weighted by atomic mass is 35.5. The van der Waals surface area contributed by atoms with Gasteiger partial charge in [0, 0.05) is 14.1 Å². The van der Waals surface area contributed by atoms with Gasteiger partial charge in [-0.15, -0.1) is 0 Å². The molecule has 0 heterocycles. The maximum absolute atomic E-state index is 9.47. The molecule has 0 fully saturated rings. The number of carbonyl (C=O) groups excluding carboxylic acids is 2. The Labute approximate surface area is 57.9 Å². The van der Waals surface area contributed by atoms with Crippen LogP contribution >= 0.6 is 11.6 Å². The minimum Gasteiger partial charge on any atom is -0.346 e. The maximum atomic E-state index is 9.47. The lowest BCUT2D eigenvalue weighted by atomic mass is 11.2. The van der Waals surface area contributed by atoms with E-state index in [4.69, 9.17) is 16.4 Å². The largest absolute Gasteiger partial charge is 0.346 e. The molecule has 0 saturated heterocycles. The van der Waals surface area contributed by atoms with Gasteiger partial charge in [0.1, 0.15) is 0 Å². The monoisotopic (exact) mass is 150 g/mol. The molecule has 1 amide bonds. The number of aliphatic imine (C=N–C) groups is 1. The van der Waals surface area contributed by atoms with Crippen molar-refractivity contribution in [3.05, 3.63) is 0 Å². The van der Waals surface area contributed by atoms with Crippen LogP contribution in [0.2, 0.25) is 0 Å². The van der Waals surface area contributed by atoms with Crippen LogP contribution in [0.5, 0.6) is 0 Å². The quantitative estimate of drug-likeness (QED) is 0.237. The average molecular weight is 151 g/mol. The van der Waals surface area contributed by atoms with Crippen LogP contribution < -0.4 is 5.32 Å². The molecule has 0 spiro atoms. The van der Waals surface area contributed by atoms with Gasteiger partial charge in [0.05, 0.1) is 0 Å². The van der Waals surface area contributed by atoms with Crippen molar-refractivity contribution in [2.75, 3.05) is 14.1 Å². The molecule has 0 aromatic carbocycles. The van der Waals surface area contributed by atoms with Crippen molar-refractivity contribution < 1.29 is 9.59 Å². The summed E-state index contributed by atoms with van der Waals surface area (Å²) in [5.41, 5.74) is 0. The van der Waals surface area contributed by atoms with E-state index in [2.05, 4.69) is 10.3 Å². The minimum atomic E-state index is -0.523. The summed E-state index contributed by atoms with van der Waals surface area (Å²) in [6.07, 6.45) is 1.31. The number of hydrogen-bond donors (Lipinski definition) is 1. The van der Waals surface area contributed by atoms with Crippen molar-refractivity contribution in [2.24, 2.45) is 4.99 Å². The third kappa shape index (κ3) is 41.2. The molecule has 9 heavy (non-hydrogen) atoms. The molecule has 5 heteroatoms. The lowest BCUT2D eigenvalue weighted by Crippen LogP contribution is -2.06. The van der Waals surface area contributed by atoms with Gasteiger partial charge in [0.15, 0.2) is 0 Å². The smallest absolute Gasteiger partial charge is 0.313 e. The van der Waals surface area contributed by atoms with E-state index in [1.807, 2.05) is 0 Å². The van der Waals surface area contributed by atoms with Gasteiger partial charge in [0.2, 0.25) is 6.08 Å². The van der Waals surface area contributed by atoms with Crippen molar-refractivity contribution >= 4 is 23.0 Å². The van der Waals surface area contributed by atoms with Gasteiger partial charge in [-0.1, -0.05) is 0 Å². The van der Waals surface area contributed by atoms with Crippen LogP contribution in [-0.4, -0.2) is 25.5 Å². The molecule has 0 atom stereocenters. The lowest BCUT2D eigenvalue weighted by molar-refractivity contribution is 0.261. The number of carbonyl (C=O) groups is 1. The fraction of sp³-hybridized carbons (Fsp3) is 0.500. The molecule has 0 rings (SSSR count). The van der Waals surface area contributed by atoms with E-state index in [1.165, 1.54) is 20.2 Å². The molecule has 0 aromatic heterocycles. The second-order valence-electron chi connectivity index (χ2n) is 0.839. The van der Waals surface area contributed by atoms with Gasteiger partial charge in [-0.25, -0.2) is 9.79 Å².